The molecule has 170 valence electrons. The zero-order chi connectivity index (χ0) is 23.7. The van der Waals surface area contributed by atoms with Gasteiger partial charge in [0.2, 0.25) is 0 Å². The molecule has 1 amide bonds. The maximum absolute atomic E-state index is 13.1. The molecule has 1 saturated heterocycles. The van der Waals surface area contributed by atoms with Crippen LogP contribution < -0.4 is 9.64 Å². The smallest absolute Gasteiger partial charge is 0.350 e. The molecule has 3 aromatic rings. The molecule has 1 fully saturated rings. The second-order valence-electron chi connectivity index (χ2n) is 7.04. The van der Waals surface area contributed by atoms with Gasteiger partial charge in [0.05, 0.1) is 25.0 Å². The summed E-state index contributed by atoms with van der Waals surface area (Å²) in [4.78, 5) is 45.1. The van der Waals surface area contributed by atoms with Crippen LogP contribution in [0.5, 0.6) is 5.75 Å². The number of rotatable bonds is 6. The van der Waals surface area contributed by atoms with Crippen LogP contribution in [-0.4, -0.2) is 41.5 Å². The van der Waals surface area contributed by atoms with Gasteiger partial charge in [0.1, 0.15) is 22.4 Å². The summed E-state index contributed by atoms with van der Waals surface area (Å²) >= 11 is 2.32. The van der Waals surface area contributed by atoms with Crippen molar-refractivity contribution in [2.45, 2.75) is 19.9 Å². The largest absolute Gasteiger partial charge is 0.507 e. The van der Waals surface area contributed by atoms with Gasteiger partial charge in [-0.15, -0.1) is 11.3 Å². The third kappa shape index (κ3) is 4.03. The number of benzene rings is 1. The number of carbonyl (C=O) groups is 3. The fourth-order valence-electron chi connectivity index (χ4n) is 3.52. The number of aryl methyl sites for hydroxylation is 1. The van der Waals surface area contributed by atoms with Crippen molar-refractivity contribution in [3.63, 3.8) is 0 Å². The molecule has 1 aliphatic rings. The van der Waals surface area contributed by atoms with Crippen LogP contribution in [-0.2, 0) is 14.3 Å². The van der Waals surface area contributed by atoms with Crippen molar-refractivity contribution in [2.75, 3.05) is 18.6 Å². The van der Waals surface area contributed by atoms with Crippen LogP contribution in [0.1, 0.15) is 38.8 Å². The fourth-order valence-corrected chi connectivity index (χ4v) is 5.33. The van der Waals surface area contributed by atoms with Gasteiger partial charge in [0, 0.05) is 10.4 Å². The maximum Gasteiger partial charge on any atom is 0.350 e. The molecule has 1 aromatic carbocycles. The number of methoxy groups -OCH3 is 1. The predicted octanol–water partition coefficient (Wildman–Crippen LogP) is 4.32. The first-order valence-electron chi connectivity index (χ1n) is 10.0. The van der Waals surface area contributed by atoms with Crippen LogP contribution in [0.2, 0.25) is 0 Å². The molecule has 3 heterocycles. The molecule has 33 heavy (non-hydrogen) atoms. The number of thiophene rings is 1. The van der Waals surface area contributed by atoms with Crippen LogP contribution in [0, 0.1) is 6.92 Å². The highest BCUT2D eigenvalue weighted by Crippen LogP contribution is 2.45. The van der Waals surface area contributed by atoms with Crippen molar-refractivity contribution < 1.29 is 29.0 Å². The first-order valence-corrected chi connectivity index (χ1v) is 11.7. The number of ketones is 1. The highest BCUT2D eigenvalue weighted by atomic mass is 32.1. The van der Waals surface area contributed by atoms with E-state index < -0.39 is 23.7 Å². The van der Waals surface area contributed by atoms with E-state index in [2.05, 4.69) is 4.98 Å². The summed E-state index contributed by atoms with van der Waals surface area (Å²) in [6.07, 6.45) is 0. The average molecular weight is 485 g/mol. The summed E-state index contributed by atoms with van der Waals surface area (Å²) in [5.41, 5.74) is 0.728. The van der Waals surface area contributed by atoms with Gasteiger partial charge in [-0.25, -0.2) is 9.78 Å². The Morgan fingerprint density at radius 1 is 1.21 bits per heavy atom. The average Bonchev–Trinajstić information content (AvgIpc) is 3.53. The van der Waals surface area contributed by atoms with E-state index in [0.29, 0.717) is 21.9 Å². The SMILES string of the molecule is CCOC(=O)c1sc(N2C(=O)C(=O)C(=C(O)c3ccc(OC)cc3)[C@@H]2c2cccs2)nc1C. The molecule has 1 N–H and O–H groups in total. The van der Waals surface area contributed by atoms with Gasteiger partial charge in [0.25, 0.3) is 5.78 Å². The monoisotopic (exact) mass is 484 g/mol. The van der Waals surface area contributed by atoms with Gasteiger partial charge in [-0.1, -0.05) is 17.4 Å². The van der Waals surface area contributed by atoms with E-state index in [1.807, 2.05) is 5.38 Å². The molecule has 2 aromatic heterocycles. The Morgan fingerprint density at radius 2 is 1.94 bits per heavy atom. The van der Waals surface area contributed by atoms with Crippen molar-refractivity contribution in [1.82, 2.24) is 4.98 Å². The third-order valence-corrected chi connectivity index (χ3v) is 7.13. The minimum atomic E-state index is -0.882. The molecule has 0 unspecified atom stereocenters. The number of hydrogen-bond donors (Lipinski definition) is 1. The lowest BCUT2D eigenvalue weighted by Crippen LogP contribution is -2.29. The van der Waals surface area contributed by atoms with Crippen LogP contribution in [0.4, 0.5) is 5.13 Å². The van der Waals surface area contributed by atoms with Crippen molar-refractivity contribution in [2.24, 2.45) is 0 Å². The maximum atomic E-state index is 13.1. The number of nitrogens with zero attached hydrogens (tertiary/aromatic N) is 2. The van der Waals surface area contributed by atoms with E-state index in [9.17, 15) is 19.5 Å². The van der Waals surface area contributed by atoms with E-state index in [0.717, 1.165) is 11.3 Å². The minimum absolute atomic E-state index is 0.0434. The Hall–Kier alpha value is -3.50. The zero-order valence-electron chi connectivity index (χ0n) is 18.0. The van der Waals surface area contributed by atoms with Crippen molar-refractivity contribution in [3.8, 4) is 5.75 Å². The second kappa shape index (κ2) is 9.16. The number of aliphatic hydroxyl groups excluding tert-OH is 1. The Balaban J connectivity index is 1.85. The number of anilines is 1. The molecule has 0 spiro atoms. The van der Waals surface area contributed by atoms with Gasteiger partial charge in [-0.2, -0.15) is 0 Å². The summed E-state index contributed by atoms with van der Waals surface area (Å²) in [6.45, 7) is 3.54. The Labute approximate surface area is 197 Å². The van der Waals surface area contributed by atoms with Crippen LogP contribution >= 0.6 is 22.7 Å². The molecule has 10 heteroatoms. The van der Waals surface area contributed by atoms with E-state index in [1.54, 1.807) is 50.2 Å². The number of thiazole rings is 1. The highest BCUT2D eigenvalue weighted by Gasteiger charge is 2.48. The number of hydrogen-bond acceptors (Lipinski definition) is 9. The quantitative estimate of drug-likeness (QED) is 0.240. The Bertz CT molecular complexity index is 1240. The highest BCUT2D eigenvalue weighted by molar-refractivity contribution is 7.18. The van der Waals surface area contributed by atoms with Crippen LogP contribution in [0.25, 0.3) is 5.76 Å². The number of Topliss-reactive ketones (excluding diaryl/α,β-unsaturated/α-hetero) is 1. The zero-order valence-corrected chi connectivity index (χ0v) is 19.7. The second-order valence-corrected chi connectivity index (χ2v) is 9.00. The standard InChI is InChI=1S/C23H20N2O6S2/c1-4-31-22(29)20-12(2)24-23(33-20)25-17(15-6-5-11-32-15)16(19(27)21(25)28)18(26)13-7-9-14(30-3)10-8-13/h5-11,17,26H,4H2,1-3H3/t17-/m0/s1. The van der Waals surface area contributed by atoms with Gasteiger partial charge in [0.15, 0.2) is 5.13 Å². The van der Waals surface area contributed by atoms with Gasteiger partial charge in [-0.3, -0.25) is 14.5 Å². The summed E-state index contributed by atoms with van der Waals surface area (Å²) < 4.78 is 10.2. The summed E-state index contributed by atoms with van der Waals surface area (Å²) in [5, 5.41) is 13.1. The van der Waals surface area contributed by atoms with E-state index in [4.69, 9.17) is 9.47 Å². The van der Waals surface area contributed by atoms with Gasteiger partial charge < -0.3 is 14.6 Å². The molecule has 0 radical (unpaired) electrons. The topological polar surface area (TPSA) is 106 Å². The lowest BCUT2D eigenvalue weighted by atomic mass is 10.00. The number of aromatic nitrogens is 1. The minimum Gasteiger partial charge on any atom is -0.507 e. The van der Waals surface area contributed by atoms with E-state index in [-0.39, 0.29) is 27.9 Å². The Kier molecular flexibility index (Phi) is 6.30. The third-order valence-electron chi connectivity index (χ3n) is 5.07. The molecule has 0 saturated carbocycles. The fraction of sp³-hybridized carbons (Fsp3) is 0.217. The first-order chi connectivity index (χ1) is 15.9. The molecule has 1 atom stereocenters. The van der Waals surface area contributed by atoms with Crippen LogP contribution in [0.3, 0.4) is 0 Å². The summed E-state index contributed by atoms with van der Waals surface area (Å²) in [6, 6.07) is 9.22. The number of carbonyl (C=O) groups excluding carboxylic acids is 3. The Morgan fingerprint density at radius 3 is 2.55 bits per heavy atom. The molecule has 8 nitrogen and oxygen atoms in total. The number of amides is 1. The summed E-state index contributed by atoms with van der Waals surface area (Å²) in [7, 11) is 1.53. The van der Waals surface area contributed by atoms with Crippen molar-refractivity contribution in [3.05, 3.63) is 68.4 Å². The molecule has 0 bridgehead atoms. The lowest BCUT2D eigenvalue weighted by molar-refractivity contribution is -0.132. The molecular formula is C23H20N2O6S2. The predicted molar refractivity (Wildman–Crippen MR) is 125 cm³/mol. The van der Waals surface area contributed by atoms with Gasteiger partial charge in [-0.05, 0) is 49.6 Å². The molecular weight excluding hydrogens is 464 g/mol. The summed E-state index contributed by atoms with van der Waals surface area (Å²) in [5.74, 6) is -1.90. The number of ether oxygens (including phenoxy) is 2. The number of aliphatic hydroxyl groups is 1. The lowest BCUT2D eigenvalue weighted by Gasteiger charge is -2.21. The van der Waals surface area contributed by atoms with Crippen LogP contribution in [0.15, 0.2) is 47.4 Å². The van der Waals surface area contributed by atoms with Crippen molar-refractivity contribution >= 4 is 51.2 Å². The normalized spacial score (nSPS) is 17.4. The van der Waals surface area contributed by atoms with E-state index >= 15 is 0 Å². The van der Waals surface area contributed by atoms with E-state index in [1.165, 1.54) is 23.3 Å². The molecule has 1 aliphatic heterocycles. The first kappa shape index (κ1) is 22.7. The molecule has 4 rings (SSSR count). The van der Waals surface area contributed by atoms with Crippen molar-refractivity contribution in [1.29, 1.82) is 0 Å². The molecule has 0 aliphatic carbocycles. The number of esters is 1. The van der Waals surface area contributed by atoms with Gasteiger partial charge >= 0.3 is 11.9 Å².